The van der Waals surface area contributed by atoms with Gasteiger partial charge in [-0.2, -0.15) is 13.2 Å². The van der Waals surface area contributed by atoms with Gasteiger partial charge in [0.15, 0.2) is 0 Å². The molecular weight excluding hydrogens is 383 g/mol. The van der Waals surface area contributed by atoms with E-state index < -0.39 is 17.6 Å². The lowest BCUT2D eigenvalue weighted by Gasteiger charge is -2.12. The van der Waals surface area contributed by atoms with E-state index in [9.17, 15) is 18.0 Å². The van der Waals surface area contributed by atoms with E-state index in [4.69, 9.17) is 0 Å². The Bertz CT molecular complexity index is 1170. The second-order valence-electron chi connectivity index (χ2n) is 6.25. The fourth-order valence-electron chi connectivity index (χ4n) is 2.94. The number of carbonyl (C=O) groups is 1. The highest BCUT2D eigenvalue weighted by Crippen LogP contribution is 2.30. The SMILES string of the molecule is O=C(Nc1nc2ccccc2n1Cc1cccc(C(F)(F)F)c1)c1cnccn1. The summed E-state index contributed by atoms with van der Waals surface area (Å²) in [5, 5.41) is 2.67. The molecule has 1 amide bonds. The van der Waals surface area contributed by atoms with Gasteiger partial charge in [0.1, 0.15) is 5.69 Å². The van der Waals surface area contributed by atoms with Crippen molar-refractivity contribution in [3.63, 3.8) is 0 Å². The molecule has 146 valence electrons. The molecule has 4 aromatic rings. The molecule has 0 fully saturated rings. The summed E-state index contributed by atoms with van der Waals surface area (Å²) in [6, 6.07) is 12.2. The van der Waals surface area contributed by atoms with Crippen LogP contribution < -0.4 is 5.32 Å². The van der Waals surface area contributed by atoms with Gasteiger partial charge in [-0.05, 0) is 29.8 Å². The Morgan fingerprint density at radius 3 is 2.66 bits per heavy atom. The minimum absolute atomic E-state index is 0.0977. The molecule has 4 rings (SSSR count). The first kappa shape index (κ1) is 18.6. The smallest absolute Gasteiger partial charge is 0.305 e. The number of nitrogens with zero attached hydrogens (tertiary/aromatic N) is 4. The maximum absolute atomic E-state index is 13.0. The van der Waals surface area contributed by atoms with Crippen molar-refractivity contribution in [3.8, 4) is 0 Å². The van der Waals surface area contributed by atoms with Crippen molar-refractivity contribution in [1.82, 2.24) is 19.5 Å². The first-order chi connectivity index (χ1) is 13.9. The highest BCUT2D eigenvalue weighted by molar-refractivity contribution is 6.02. The summed E-state index contributed by atoms with van der Waals surface area (Å²) in [4.78, 5) is 24.7. The molecule has 0 aliphatic rings. The van der Waals surface area contributed by atoms with Crippen LogP contribution in [0.5, 0.6) is 0 Å². The maximum atomic E-state index is 13.0. The number of imidazole rings is 1. The van der Waals surface area contributed by atoms with Gasteiger partial charge in [0.05, 0.1) is 29.3 Å². The van der Waals surface area contributed by atoms with E-state index in [2.05, 4.69) is 20.3 Å². The fourth-order valence-corrected chi connectivity index (χ4v) is 2.94. The highest BCUT2D eigenvalue weighted by atomic mass is 19.4. The van der Waals surface area contributed by atoms with Gasteiger partial charge in [0.25, 0.3) is 5.91 Å². The Hall–Kier alpha value is -3.75. The van der Waals surface area contributed by atoms with Crippen LogP contribution in [0.15, 0.2) is 67.1 Å². The predicted octanol–water partition coefficient (Wildman–Crippen LogP) is 4.15. The number of carbonyl (C=O) groups excluding carboxylic acids is 1. The van der Waals surface area contributed by atoms with Gasteiger partial charge >= 0.3 is 6.18 Å². The van der Waals surface area contributed by atoms with E-state index in [1.807, 2.05) is 0 Å². The minimum atomic E-state index is -4.43. The van der Waals surface area contributed by atoms with Gasteiger partial charge < -0.3 is 4.57 Å². The van der Waals surface area contributed by atoms with E-state index >= 15 is 0 Å². The van der Waals surface area contributed by atoms with Gasteiger partial charge in [-0.15, -0.1) is 0 Å². The molecule has 2 aromatic heterocycles. The van der Waals surface area contributed by atoms with Gasteiger partial charge in [0, 0.05) is 12.4 Å². The van der Waals surface area contributed by atoms with Gasteiger partial charge in [-0.1, -0.05) is 24.3 Å². The summed E-state index contributed by atoms with van der Waals surface area (Å²) in [5.74, 6) is -0.307. The third kappa shape index (κ3) is 3.93. The van der Waals surface area contributed by atoms with Crippen molar-refractivity contribution in [2.45, 2.75) is 12.7 Å². The van der Waals surface area contributed by atoms with Crippen LogP contribution in [0.2, 0.25) is 0 Å². The molecular formula is C20H14F3N5O. The molecule has 0 saturated heterocycles. The van der Waals surface area contributed by atoms with Crippen molar-refractivity contribution >= 4 is 22.9 Å². The van der Waals surface area contributed by atoms with Crippen molar-refractivity contribution in [2.24, 2.45) is 0 Å². The number of amides is 1. The lowest BCUT2D eigenvalue weighted by molar-refractivity contribution is -0.137. The molecule has 0 spiro atoms. The minimum Gasteiger partial charge on any atom is -0.305 e. The standard InChI is InChI=1S/C20H14F3N5O/c21-20(22,23)14-5-3-4-13(10-14)12-28-17-7-2-1-6-15(17)26-19(28)27-18(29)16-11-24-8-9-25-16/h1-11H,12H2,(H,26,27,29). The number of aromatic nitrogens is 4. The van der Waals surface area contributed by atoms with E-state index in [1.165, 1.54) is 24.7 Å². The summed E-state index contributed by atoms with van der Waals surface area (Å²) in [6.45, 7) is 0.0977. The molecule has 29 heavy (non-hydrogen) atoms. The zero-order valence-corrected chi connectivity index (χ0v) is 14.9. The third-order valence-electron chi connectivity index (χ3n) is 4.27. The number of para-hydroxylation sites is 2. The molecule has 1 N–H and O–H groups in total. The molecule has 2 heterocycles. The Labute approximate surface area is 163 Å². The van der Waals surface area contributed by atoms with Crippen LogP contribution in [0, 0.1) is 0 Å². The van der Waals surface area contributed by atoms with Crippen molar-refractivity contribution < 1.29 is 18.0 Å². The van der Waals surface area contributed by atoms with Crippen molar-refractivity contribution in [3.05, 3.63) is 83.9 Å². The summed E-state index contributed by atoms with van der Waals surface area (Å²) < 4.78 is 40.8. The number of alkyl halides is 3. The van der Waals surface area contributed by atoms with Crippen molar-refractivity contribution in [1.29, 1.82) is 0 Å². The molecule has 0 unspecified atom stereocenters. The zero-order valence-electron chi connectivity index (χ0n) is 14.9. The lowest BCUT2D eigenvalue weighted by atomic mass is 10.1. The predicted molar refractivity (Wildman–Crippen MR) is 100 cm³/mol. The number of benzene rings is 2. The monoisotopic (exact) mass is 397 g/mol. The molecule has 6 nitrogen and oxygen atoms in total. The Kier molecular flexibility index (Phi) is 4.71. The molecule has 0 saturated carbocycles. The Morgan fingerprint density at radius 1 is 1.07 bits per heavy atom. The molecule has 0 atom stereocenters. The number of anilines is 1. The average Bonchev–Trinajstić information content (AvgIpc) is 3.05. The number of hydrogen-bond donors (Lipinski definition) is 1. The molecule has 0 radical (unpaired) electrons. The van der Waals surface area contributed by atoms with Crippen LogP contribution in [0.4, 0.5) is 19.1 Å². The Morgan fingerprint density at radius 2 is 1.90 bits per heavy atom. The number of halogens is 3. The largest absolute Gasteiger partial charge is 0.416 e. The van der Waals surface area contributed by atoms with E-state index in [0.29, 0.717) is 16.6 Å². The molecule has 9 heteroatoms. The van der Waals surface area contributed by atoms with E-state index in [-0.39, 0.29) is 18.2 Å². The summed E-state index contributed by atoms with van der Waals surface area (Å²) in [6.07, 6.45) is -0.286. The van der Waals surface area contributed by atoms with Gasteiger partial charge in [-0.3, -0.25) is 15.1 Å². The number of nitrogens with one attached hydrogen (secondary N) is 1. The normalized spacial score (nSPS) is 11.6. The number of fused-ring (bicyclic) bond motifs is 1. The van der Waals surface area contributed by atoms with Crippen LogP contribution in [0.25, 0.3) is 11.0 Å². The van der Waals surface area contributed by atoms with Crippen LogP contribution in [-0.4, -0.2) is 25.4 Å². The second-order valence-corrected chi connectivity index (χ2v) is 6.25. The topological polar surface area (TPSA) is 72.7 Å². The third-order valence-corrected chi connectivity index (χ3v) is 4.27. The Balaban J connectivity index is 1.72. The average molecular weight is 397 g/mol. The van der Waals surface area contributed by atoms with Crippen LogP contribution in [0.3, 0.4) is 0 Å². The first-order valence-corrected chi connectivity index (χ1v) is 8.60. The fraction of sp³-hybridized carbons (Fsp3) is 0.100. The highest BCUT2D eigenvalue weighted by Gasteiger charge is 2.30. The van der Waals surface area contributed by atoms with Gasteiger partial charge in [-0.25, -0.2) is 9.97 Å². The first-order valence-electron chi connectivity index (χ1n) is 8.60. The number of rotatable bonds is 4. The van der Waals surface area contributed by atoms with Gasteiger partial charge in [0.2, 0.25) is 5.95 Å². The zero-order chi connectivity index (χ0) is 20.4. The van der Waals surface area contributed by atoms with Crippen LogP contribution in [0.1, 0.15) is 21.6 Å². The van der Waals surface area contributed by atoms with Crippen LogP contribution >= 0.6 is 0 Å². The lowest BCUT2D eigenvalue weighted by Crippen LogP contribution is -2.18. The molecule has 0 bridgehead atoms. The van der Waals surface area contributed by atoms with E-state index in [1.54, 1.807) is 34.9 Å². The summed E-state index contributed by atoms with van der Waals surface area (Å²) in [5.41, 5.74) is 1.08. The maximum Gasteiger partial charge on any atom is 0.416 e. The number of hydrogen-bond acceptors (Lipinski definition) is 4. The molecule has 0 aliphatic carbocycles. The molecule has 2 aromatic carbocycles. The molecule has 0 aliphatic heterocycles. The quantitative estimate of drug-likeness (QED) is 0.562. The van der Waals surface area contributed by atoms with Crippen LogP contribution in [-0.2, 0) is 12.7 Å². The summed E-state index contributed by atoms with van der Waals surface area (Å²) in [7, 11) is 0. The summed E-state index contributed by atoms with van der Waals surface area (Å²) >= 11 is 0. The van der Waals surface area contributed by atoms with Crippen molar-refractivity contribution in [2.75, 3.05) is 5.32 Å². The second kappa shape index (κ2) is 7.34. The van der Waals surface area contributed by atoms with E-state index in [0.717, 1.165) is 12.1 Å².